The summed E-state index contributed by atoms with van der Waals surface area (Å²) in [4.78, 5) is 0. The summed E-state index contributed by atoms with van der Waals surface area (Å²) in [6.45, 7) is 6.48. The Bertz CT molecular complexity index is 143. The van der Waals surface area contributed by atoms with Crippen LogP contribution in [0.3, 0.4) is 0 Å². The molecule has 2 heterocycles. The van der Waals surface area contributed by atoms with E-state index in [1.807, 2.05) is 0 Å². The van der Waals surface area contributed by atoms with Gasteiger partial charge in [-0.05, 0) is 13.8 Å². The first-order valence-corrected chi connectivity index (χ1v) is 4.74. The second kappa shape index (κ2) is 3.30. The van der Waals surface area contributed by atoms with Crippen molar-refractivity contribution in [2.45, 2.75) is 38.3 Å². The molecule has 70 valence electrons. The molecule has 0 aromatic carbocycles. The molecule has 4 atom stereocenters. The molecule has 0 aliphatic carbocycles. The van der Waals surface area contributed by atoms with Crippen LogP contribution < -0.4 is 21.3 Å². The van der Waals surface area contributed by atoms with Crippen molar-refractivity contribution in [3.8, 4) is 0 Å². The SMILES string of the molecule is C[C@@H]1CNC2N[C@@H](C)CNC2N1. The summed E-state index contributed by atoms with van der Waals surface area (Å²) in [5.74, 6) is 0. The summed E-state index contributed by atoms with van der Waals surface area (Å²) in [5.41, 5.74) is 0. The molecule has 2 saturated heterocycles. The van der Waals surface area contributed by atoms with Crippen LogP contribution in [0.25, 0.3) is 0 Å². The zero-order chi connectivity index (χ0) is 8.55. The Morgan fingerprint density at radius 3 is 1.67 bits per heavy atom. The van der Waals surface area contributed by atoms with Crippen molar-refractivity contribution in [1.29, 1.82) is 0 Å². The van der Waals surface area contributed by atoms with Crippen molar-refractivity contribution >= 4 is 0 Å². The Morgan fingerprint density at radius 2 is 1.25 bits per heavy atom. The average molecular weight is 170 g/mol. The van der Waals surface area contributed by atoms with E-state index in [1.165, 1.54) is 0 Å². The molecular formula is C8H18N4. The molecule has 2 fully saturated rings. The largest absolute Gasteiger partial charge is 0.298 e. The second-order valence-electron chi connectivity index (χ2n) is 3.91. The van der Waals surface area contributed by atoms with Crippen molar-refractivity contribution in [1.82, 2.24) is 21.3 Å². The maximum absolute atomic E-state index is 3.50. The third kappa shape index (κ3) is 1.61. The Hall–Kier alpha value is -0.160. The van der Waals surface area contributed by atoms with Gasteiger partial charge in [-0.25, -0.2) is 0 Å². The zero-order valence-electron chi connectivity index (χ0n) is 7.72. The van der Waals surface area contributed by atoms with Gasteiger partial charge in [0.1, 0.15) is 0 Å². The van der Waals surface area contributed by atoms with Gasteiger partial charge in [0.25, 0.3) is 0 Å². The molecule has 0 radical (unpaired) electrons. The van der Waals surface area contributed by atoms with Crippen LogP contribution in [0, 0.1) is 0 Å². The molecule has 0 saturated carbocycles. The van der Waals surface area contributed by atoms with Crippen molar-refractivity contribution in [2.24, 2.45) is 0 Å². The highest BCUT2D eigenvalue weighted by atomic mass is 15.3. The standard InChI is InChI=1S/C8H18N4/c1-5-3-9-8-7(11-5)10-4-6(2)12-8/h5-12H,3-4H2,1-2H3/t5-,6+,7?,8?. The van der Waals surface area contributed by atoms with E-state index >= 15 is 0 Å². The molecule has 0 bridgehead atoms. The summed E-state index contributed by atoms with van der Waals surface area (Å²) in [7, 11) is 0. The van der Waals surface area contributed by atoms with Crippen molar-refractivity contribution < 1.29 is 0 Å². The highest BCUT2D eigenvalue weighted by Crippen LogP contribution is 2.02. The predicted octanol–water partition coefficient (Wildman–Crippen LogP) is -1.20. The van der Waals surface area contributed by atoms with E-state index in [2.05, 4.69) is 35.1 Å². The van der Waals surface area contributed by atoms with E-state index in [9.17, 15) is 0 Å². The minimum absolute atomic E-state index is 0.393. The highest BCUT2D eigenvalue weighted by Gasteiger charge is 2.31. The Labute approximate surface area is 73.5 Å². The molecule has 0 aromatic heterocycles. The summed E-state index contributed by atoms with van der Waals surface area (Å²) in [6, 6.07) is 1.13. The second-order valence-corrected chi connectivity index (χ2v) is 3.91. The van der Waals surface area contributed by atoms with Gasteiger partial charge in [-0.15, -0.1) is 0 Å². The van der Waals surface area contributed by atoms with Crippen LogP contribution in [0.2, 0.25) is 0 Å². The Kier molecular flexibility index (Phi) is 2.32. The number of rotatable bonds is 0. The fourth-order valence-corrected chi connectivity index (χ4v) is 1.88. The molecule has 0 aromatic rings. The van der Waals surface area contributed by atoms with E-state index < -0.39 is 0 Å². The first kappa shape index (κ1) is 8.44. The van der Waals surface area contributed by atoms with Gasteiger partial charge in [-0.3, -0.25) is 21.3 Å². The average Bonchev–Trinajstić information content (AvgIpc) is 2.05. The molecule has 4 N–H and O–H groups in total. The molecule has 4 nitrogen and oxygen atoms in total. The predicted molar refractivity (Wildman–Crippen MR) is 48.8 cm³/mol. The van der Waals surface area contributed by atoms with Gasteiger partial charge in [-0.2, -0.15) is 0 Å². The molecule has 12 heavy (non-hydrogen) atoms. The fraction of sp³-hybridized carbons (Fsp3) is 1.00. The highest BCUT2D eigenvalue weighted by molar-refractivity contribution is 4.92. The monoisotopic (exact) mass is 170 g/mol. The van der Waals surface area contributed by atoms with Gasteiger partial charge in [0, 0.05) is 25.2 Å². The lowest BCUT2D eigenvalue weighted by atomic mass is 10.1. The lowest BCUT2D eigenvalue weighted by molar-refractivity contribution is 0.161. The Morgan fingerprint density at radius 1 is 0.833 bits per heavy atom. The van der Waals surface area contributed by atoms with E-state index in [0.717, 1.165) is 13.1 Å². The van der Waals surface area contributed by atoms with E-state index in [-0.39, 0.29) is 0 Å². The van der Waals surface area contributed by atoms with E-state index in [1.54, 1.807) is 0 Å². The van der Waals surface area contributed by atoms with Crippen molar-refractivity contribution in [2.75, 3.05) is 13.1 Å². The van der Waals surface area contributed by atoms with Crippen LogP contribution in [0.5, 0.6) is 0 Å². The molecule has 0 spiro atoms. The Balaban J connectivity index is 1.94. The fourth-order valence-electron chi connectivity index (χ4n) is 1.88. The van der Waals surface area contributed by atoms with Gasteiger partial charge in [-0.1, -0.05) is 0 Å². The zero-order valence-corrected chi connectivity index (χ0v) is 7.72. The van der Waals surface area contributed by atoms with E-state index in [0.29, 0.717) is 24.4 Å². The minimum Gasteiger partial charge on any atom is -0.298 e. The van der Waals surface area contributed by atoms with Gasteiger partial charge in [0.2, 0.25) is 0 Å². The van der Waals surface area contributed by atoms with Gasteiger partial charge in [0.05, 0.1) is 12.3 Å². The van der Waals surface area contributed by atoms with Crippen LogP contribution in [-0.2, 0) is 0 Å². The van der Waals surface area contributed by atoms with Crippen molar-refractivity contribution in [3.63, 3.8) is 0 Å². The molecule has 2 aliphatic rings. The smallest absolute Gasteiger partial charge is 0.0869 e. The summed E-state index contributed by atoms with van der Waals surface area (Å²) >= 11 is 0. The summed E-state index contributed by atoms with van der Waals surface area (Å²) < 4.78 is 0. The lowest BCUT2D eigenvalue weighted by Crippen LogP contribution is -2.74. The van der Waals surface area contributed by atoms with Gasteiger partial charge in [0.15, 0.2) is 0 Å². The first-order chi connectivity index (χ1) is 5.75. The number of hydrogen-bond donors (Lipinski definition) is 4. The van der Waals surface area contributed by atoms with Gasteiger partial charge >= 0.3 is 0 Å². The van der Waals surface area contributed by atoms with Crippen molar-refractivity contribution in [3.05, 3.63) is 0 Å². The van der Waals surface area contributed by atoms with Crippen LogP contribution in [0.15, 0.2) is 0 Å². The van der Waals surface area contributed by atoms with Crippen LogP contribution in [0.1, 0.15) is 13.8 Å². The number of fused-ring (bicyclic) bond motifs is 1. The molecule has 2 aliphatic heterocycles. The minimum atomic E-state index is 0.393. The molecule has 0 amide bonds. The molecular weight excluding hydrogens is 152 g/mol. The summed E-state index contributed by atoms with van der Waals surface area (Å²) in [6.07, 6.45) is 0.787. The van der Waals surface area contributed by atoms with Crippen LogP contribution >= 0.6 is 0 Å². The molecule has 2 rings (SSSR count). The molecule has 4 heteroatoms. The molecule has 2 unspecified atom stereocenters. The van der Waals surface area contributed by atoms with Crippen LogP contribution in [0.4, 0.5) is 0 Å². The first-order valence-electron chi connectivity index (χ1n) is 4.74. The van der Waals surface area contributed by atoms with Crippen LogP contribution in [-0.4, -0.2) is 37.5 Å². The topological polar surface area (TPSA) is 48.1 Å². The number of nitrogens with one attached hydrogen (secondary N) is 4. The quantitative estimate of drug-likeness (QED) is 0.369. The third-order valence-corrected chi connectivity index (χ3v) is 2.55. The number of piperazine rings is 2. The lowest BCUT2D eigenvalue weighted by Gasteiger charge is -2.43. The number of hydrogen-bond acceptors (Lipinski definition) is 4. The maximum Gasteiger partial charge on any atom is 0.0869 e. The van der Waals surface area contributed by atoms with E-state index in [4.69, 9.17) is 0 Å². The van der Waals surface area contributed by atoms with Gasteiger partial charge < -0.3 is 0 Å². The maximum atomic E-state index is 3.50. The third-order valence-electron chi connectivity index (χ3n) is 2.55. The summed E-state index contributed by atoms with van der Waals surface area (Å²) in [5, 5.41) is 13.9. The normalized spacial score (nSPS) is 48.5.